The fourth-order valence-electron chi connectivity index (χ4n) is 4.36. The molecule has 2 aliphatic heterocycles. The molecule has 0 aromatic heterocycles. The molecule has 9 N–H and O–H groups in total. The first kappa shape index (κ1) is 33.8. The van der Waals surface area contributed by atoms with Gasteiger partial charge in [-0.25, -0.2) is 0 Å². The topological polar surface area (TPSA) is 235 Å². The molecular weight excluding hydrogens is 556 g/mol. The van der Waals surface area contributed by atoms with Crippen LogP contribution >= 0.6 is 11.8 Å². The fourth-order valence-corrected chi connectivity index (χ4v) is 5.23. The summed E-state index contributed by atoms with van der Waals surface area (Å²) in [7, 11) is 0. The number of carbonyl (C=O) groups excluding carboxylic acids is 7. The number of thioether (sulfide) groups is 1. The molecule has 2 rings (SSSR count). The van der Waals surface area contributed by atoms with Gasteiger partial charge in [-0.05, 0) is 32.1 Å². The van der Waals surface area contributed by atoms with Crippen LogP contribution in [0.1, 0.15) is 47.5 Å². The van der Waals surface area contributed by atoms with E-state index in [1.807, 2.05) is 0 Å². The van der Waals surface area contributed by atoms with Crippen LogP contribution in [0, 0.1) is 5.41 Å². The quantitative estimate of drug-likeness (QED) is 0.168. The van der Waals surface area contributed by atoms with Crippen molar-refractivity contribution < 1.29 is 33.6 Å². The predicted molar refractivity (Wildman–Crippen MR) is 151 cm³/mol. The first-order valence-electron chi connectivity index (χ1n) is 13.3. The van der Waals surface area contributed by atoms with E-state index in [1.165, 1.54) is 18.7 Å². The predicted octanol–water partition coefficient (Wildman–Crippen LogP) is -3.32. The Bertz CT molecular complexity index is 1060. The molecule has 0 aromatic carbocycles. The van der Waals surface area contributed by atoms with Crippen molar-refractivity contribution in [3.8, 4) is 0 Å². The van der Waals surface area contributed by atoms with Crippen LogP contribution in [0.25, 0.3) is 0 Å². The summed E-state index contributed by atoms with van der Waals surface area (Å²) in [5.74, 6) is -4.74. The second-order valence-electron chi connectivity index (χ2n) is 11.7. The van der Waals surface area contributed by atoms with Gasteiger partial charge in [-0.1, -0.05) is 20.8 Å². The van der Waals surface area contributed by atoms with E-state index in [2.05, 4.69) is 26.6 Å². The van der Waals surface area contributed by atoms with Gasteiger partial charge in [0.15, 0.2) is 0 Å². The first-order chi connectivity index (χ1) is 19.0. The van der Waals surface area contributed by atoms with Crippen molar-refractivity contribution in [1.82, 2.24) is 31.5 Å². The molecule has 2 saturated heterocycles. The highest BCUT2D eigenvalue weighted by Gasteiger charge is 2.43. The van der Waals surface area contributed by atoms with Crippen molar-refractivity contribution in [2.75, 3.05) is 31.1 Å². The molecule has 0 radical (unpaired) electrons. The van der Waals surface area contributed by atoms with Gasteiger partial charge in [0, 0.05) is 18.8 Å². The number of primary amides is 1. The molecule has 0 spiro atoms. The van der Waals surface area contributed by atoms with Crippen molar-refractivity contribution >= 4 is 53.1 Å². The summed E-state index contributed by atoms with van der Waals surface area (Å²) >= 11 is 1.01. The lowest BCUT2D eigenvalue weighted by Gasteiger charge is -2.36. The zero-order valence-corrected chi connectivity index (χ0v) is 24.9. The highest BCUT2D eigenvalue weighted by atomic mass is 32.2. The summed E-state index contributed by atoms with van der Waals surface area (Å²) < 4.78 is 0. The molecule has 7 amide bonds. The SMILES string of the molecule is CC1(C)NC(=O)[C@@H]2CCCN2C(=O)[C@H](C(C)(C)C)NC(=O)CSC[C@H](C(N)=O)NC(=O)[C@@H](CN)NC(=O)CNC1=O. The minimum absolute atomic E-state index is 0.0621. The van der Waals surface area contributed by atoms with Crippen molar-refractivity contribution in [2.45, 2.75) is 77.2 Å². The first-order valence-corrected chi connectivity index (χ1v) is 14.5. The molecule has 4 atom stereocenters. The normalized spacial score (nSPS) is 27.8. The van der Waals surface area contributed by atoms with E-state index in [-0.39, 0.29) is 18.1 Å². The summed E-state index contributed by atoms with van der Waals surface area (Å²) in [4.78, 5) is 91.2. The van der Waals surface area contributed by atoms with E-state index in [0.717, 1.165) is 11.8 Å². The highest BCUT2D eigenvalue weighted by molar-refractivity contribution is 8.00. The molecule has 2 fully saturated rings. The Hall–Kier alpha value is -3.40. The molecule has 0 saturated carbocycles. The van der Waals surface area contributed by atoms with Crippen LogP contribution in [-0.4, -0.2) is 107 Å². The van der Waals surface area contributed by atoms with E-state index >= 15 is 0 Å². The molecule has 0 aromatic rings. The third-order valence-electron chi connectivity index (χ3n) is 6.73. The van der Waals surface area contributed by atoms with E-state index in [1.54, 1.807) is 20.8 Å². The summed E-state index contributed by atoms with van der Waals surface area (Å²) in [6, 6.07) is -4.24. The van der Waals surface area contributed by atoms with Crippen LogP contribution in [0.15, 0.2) is 0 Å². The Balaban J connectivity index is 2.37. The van der Waals surface area contributed by atoms with Gasteiger partial charge in [0.2, 0.25) is 41.4 Å². The molecule has 2 heterocycles. The number of nitrogens with one attached hydrogen (secondary N) is 5. The monoisotopic (exact) mass is 598 g/mol. The lowest BCUT2D eigenvalue weighted by molar-refractivity contribution is -0.144. The number of hydrogen-bond donors (Lipinski definition) is 7. The van der Waals surface area contributed by atoms with Gasteiger partial charge in [0.25, 0.3) is 0 Å². The van der Waals surface area contributed by atoms with Gasteiger partial charge in [0.1, 0.15) is 29.7 Å². The number of nitrogens with zero attached hydrogens (tertiary/aromatic N) is 1. The fraction of sp³-hybridized carbons (Fsp3) is 0.720. The Kier molecular flexibility index (Phi) is 11.5. The van der Waals surface area contributed by atoms with Crippen LogP contribution in [0.5, 0.6) is 0 Å². The van der Waals surface area contributed by atoms with E-state index in [0.29, 0.717) is 19.4 Å². The number of fused-ring (bicyclic) bond motifs is 1. The van der Waals surface area contributed by atoms with Crippen LogP contribution < -0.4 is 38.1 Å². The standard InChI is InChI=1S/C25H42N8O7S/c1-24(2,3)18-22(39)33-8-6-7-15(33)21(38)32-25(4,5)23(40)28-10-16(34)29-13(9-26)20(37)30-14(19(27)36)11-41-12-17(35)31-18/h13-15,18H,6-12,26H2,1-5H3,(H2,27,36)(H,28,40)(H,29,34)(H,30,37)(H,31,35)(H,32,38)/t13-,14-,15+,18-/m1/s1. The van der Waals surface area contributed by atoms with Gasteiger partial charge in [0.05, 0.1) is 12.3 Å². The van der Waals surface area contributed by atoms with E-state index < -0.39 is 83.0 Å². The maximum absolute atomic E-state index is 13.7. The maximum Gasteiger partial charge on any atom is 0.246 e. The van der Waals surface area contributed by atoms with Gasteiger partial charge >= 0.3 is 0 Å². The molecule has 230 valence electrons. The third-order valence-corrected chi connectivity index (χ3v) is 7.77. The number of carbonyl (C=O) groups is 7. The minimum Gasteiger partial charge on any atom is -0.368 e. The molecule has 2 aliphatic rings. The largest absolute Gasteiger partial charge is 0.368 e. The van der Waals surface area contributed by atoms with Gasteiger partial charge in [-0.3, -0.25) is 33.6 Å². The Morgan fingerprint density at radius 2 is 1.68 bits per heavy atom. The second-order valence-corrected chi connectivity index (χ2v) is 12.7. The summed E-state index contributed by atoms with van der Waals surface area (Å²) in [5.41, 5.74) is 8.89. The van der Waals surface area contributed by atoms with Gasteiger partial charge in [-0.2, -0.15) is 0 Å². The number of nitrogens with two attached hydrogens (primary N) is 2. The van der Waals surface area contributed by atoms with Crippen LogP contribution in [0.2, 0.25) is 0 Å². The molecule has 0 unspecified atom stereocenters. The average Bonchev–Trinajstić information content (AvgIpc) is 3.36. The number of hydrogen-bond acceptors (Lipinski definition) is 9. The number of amides is 7. The van der Waals surface area contributed by atoms with Crippen molar-refractivity contribution in [1.29, 1.82) is 0 Å². The van der Waals surface area contributed by atoms with Crippen molar-refractivity contribution in [2.24, 2.45) is 16.9 Å². The molecular formula is C25H42N8O7S. The van der Waals surface area contributed by atoms with Crippen LogP contribution in [-0.2, 0) is 33.6 Å². The molecule has 16 heteroatoms. The molecule has 41 heavy (non-hydrogen) atoms. The Labute approximate surface area is 243 Å². The van der Waals surface area contributed by atoms with Gasteiger partial charge in [-0.15, -0.1) is 11.8 Å². The minimum atomic E-state index is -1.46. The summed E-state index contributed by atoms with van der Waals surface area (Å²) in [6.45, 7) is 7.71. The lowest BCUT2D eigenvalue weighted by Crippen LogP contribution is -2.62. The average molecular weight is 599 g/mol. The Morgan fingerprint density at radius 1 is 1.02 bits per heavy atom. The van der Waals surface area contributed by atoms with E-state index in [4.69, 9.17) is 11.5 Å². The van der Waals surface area contributed by atoms with Crippen molar-refractivity contribution in [3.63, 3.8) is 0 Å². The zero-order valence-electron chi connectivity index (χ0n) is 24.1. The van der Waals surface area contributed by atoms with Crippen LogP contribution in [0.4, 0.5) is 0 Å². The summed E-state index contributed by atoms with van der Waals surface area (Å²) in [5, 5.41) is 12.6. The zero-order chi connectivity index (χ0) is 31.1. The molecule has 15 nitrogen and oxygen atoms in total. The second kappa shape index (κ2) is 14.0. The third kappa shape index (κ3) is 9.31. The maximum atomic E-state index is 13.7. The lowest BCUT2D eigenvalue weighted by atomic mass is 9.85. The van der Waals surface area contributed by atoms with E-state index in [9.17, 15) is 33.6 Å². The molecule has 0 bridgehead atoms. The van der Waals surface area contributed by atoms with Crippen molar-refractivity contribution in [3.05, 3.63) is 0 Å². The Morgan fingerprint density at radius 3 is 2.27 bits per heavy atom. The van der Waals surface area contributed by atoms with Gasteiger partial charge < -0.3 is 43.0 Å². The van der Waals surface area contributed by atoms with Crippen LogP contribution in [0.3, 0.4) is 0 Å². The smallest absolute Gasteiger partial charge is 0.246 e. The molecule has 0 aliphatic carbocycles. The summed E-state index contributed by atoms with van der Waals surface area (Å²) in [6.07, 6.45) is 0.925. The highest BCUT2D eigenvalue weighted by Crippen LogP contribution is 2.26. The number of rotatable bonds is 2.